The molecule has 1 N–H and O–H groups in total. The van der Waals surface area contributed by atoms with Gasteiger partial charge in [-0.1, -0.05) is 42.8 Å². The minimum absolute atomic E-state index is 0.614. The van der Waals surface area contributed by atoms with E-state index in [4.69, 9.17) is 16.6 Å². The second kappa shape index (κ2) is 6.36. The lowest BCUT2D eigenvalue weighted by Gasteiger charge is -2.18. The number of fused-ring (bicyclic) bond motifs is 3. The number of hydrogen-bond donors (Lipinski definition) is 1. The Morgan fingerprint density at radius 3 is 2.62 bits per heavy atom. The van der Waals surface area contributed by atoms with E-state index in [-0.39, 0.29) is 0 Å². The summed E-state index contributed by atoms with van der Waals surface area (Å²) in [5.74, 6) is 0.904. The van der Waals surface area contributed by atoms with Crippen LogP contribution in [0.5, 0.6) is 0 Å². The number of hydrogen-bond acceptors (Lipinski definition) is 3. The van der Waals surface area contributed by atoms with Crippen molar-refractivity contribution in [1.82, 2.24) is 9.38 Å². The van der Waals surface area contributed by atoms with Crippen LogP contribution in [0.2, 0.25) is 5.02 Å². The minimum atomic E-state index is 0.614. The van der Waals surface area contributed by atoms with Gasteiger partial charge >= 0.3 is 0 Å². The molecule has 2 aromatic heterocycles. The Morgan fingerprint density at radius 1 is 1.15 bits per heavy atom. The van der Waals surface area contributed by atoms with E-state index in [0.717, 1.165) is 40.1 Å². The first-order valence-electron chi connectivity index (χ1n) is 8.50. The third kappa shape index (κ3) is 2.40. The molecule has 0 spiro atoms. The van der Waals surface area contributed by atoms with Crippen molar-refractivity contribution in [2.45, 2.75) is 20.3 Å². The normalized spacial score (nSPS) is 11.0. The van der Waals surface area contributed by atoms with E-state index in [0.29, 0.717) is 16.2 Å². The van der Waals surface area contributed by atoms with E-state index in [1.54, 1.807) is 0 Å². The Kier molecular flexibility index (Phi) is 4.02. The second-order valence-corrected chi connectivity index (χ2v) is 6.56. The molecule has 26 heavy (non-hydrogen) atoms. The fourth-order valence-corrected chi connectivity index (χ4v) is 3.62. The molecule has 0 amide bonds. The van der Waals surface area contributed by atoms with E-state index in [1.807, 2.05) is 59.9 Å². The van der Waals surface area contributed by atoms with Gasteiger partial charge in [0.05, 0.1) is 27.3 Å². The fourth-order valence-electron chi connectivity index (χ4n) is 3.44. The molecule has 0 fully saturated rings. The van der Waals surface area contributed by atoms with Crippen LogP contribution >= 0.6 is 11.6 Å². The van der Waals surface area contributed by atoms with Gasteiger partial charge < -0.3 is 5.32 Å². The van der Waals surface area contributed by atoms with Gasteiger partial charge in [-0.25, -0.2) is 4.98 Å². The largest absolute Gasteiger partial charge is 0.340 e. The van der Waals surface area contributed by atoms with Crippen molar-refractivity contribution in [3.8, 4) is 6.07 Å². The molecule has 0 aliphatic heterocycles. The van der Waals surface area contributed by atoms with Gasteiger partial charge in [0.2, 0.25) is 0 Å². The van der Waals surface area contributed by atoms with Crippen LogP contribution in [0, 0.1) is 18.3 Å². The Labute approximate surface area is 156 Å². The van der Waals surface area contributed by atoms with Crippen LogP contribution in [-0.2, 0) is 6.42 Å². The molecule has 0 bridgehead atoms. The Morgan fingerprint density at radius 2 is 1.88 bits per heavy atom. The molecule has 0 atom stereocenters. The van der Waals surface area contributed by atoms with Gasteiger partial charge in [-0.3, -0.25) is 4.40 Å². The van der Waals surface area contributed by atoms with Crippen LogP contribution in [0.25, 0.3) is 16.7 Å². The molecular weight excluding hydrogens is 344 g/mol. The standard InChI is InChI=1S/C21H17ClN4/c1-3-14-13(2)15(12-23)21-25-18-10-6-7-11-19(18)26(21)20(14)24-17-9-5-4-8-16(17)22/h4-11,24H,3H2,1-2H3. The van der Waals surface area contributed by atoms with E-state index in [9.17, 15) is 5.26 Å². The van der Waals surface area contributed by atoms with E-state index < -0.39 is 0 Å². The summed E-state index contributed by atoms with van der Waals surface area (Å²) in [4.78, 5) is 4.71. The molecule has 0 saturated carbocycles. The molecule has 0 unspecified atom stereocenters. The monoisotopic (exact) mass is 360 g/mol. The highest BCUT2D eigenvalue weighted by Crippen LogP contribution is 2.34. The van der Waals surface area contributed by atoms with Crippen LogP contribution in [0.1, 0.15) is 23.6 Å². The highest BCUT2D eigenvalue weighted by molar-refractivity contribution is 6.33. The van der Waals surface area contributed by atoms with Gasteiger partial charge in [0, 0.05) is 0 Å². The van der Waals surface area contributed by atoms with Gasteiger partial charge in [-0.05, 0) is 48.7 Å². The first kappa shape index (κ1) is 16.4. The lowest BCUT2D eigenvalue weighted by atomic mass is 10.0. The Bertz CT molecular complexity index is 1180. The number of benzene rings is 2. The molecule has 2 heterocycles. The minimum Gasteiger partial charge on any atom is -0.340 e. The van der Waals surface area contributed by atoms with Crippen molar-refractivity contribution >= 4 is 39.8 Å². The number of para-hydroxylation sites is 3. The predicted octanol–water partition coefficient (Wildman–Crippen LogP) is 5.63. The molecule has 4 rings (SSSR count). The van der Waals surface area contributed by atoms with E-state index >= 15 is 0 Å². The van der Waals surface area contributed by atoms with Crippen LogP contribution in [0.4, 0.5) is 11.5 Å². The molecule has 5 heteroatoms. The summed E-state index contributed by atoms with van der Waals surface area (Å²) in [7, 11) is 0. The summed E-state index contributed by atoms with van der Waals surface area (Å²) < 4.78 is 2.03. The number of rotatable bonds is 3. The average Bonchev–Trinajstić information content (AvgIpc) is 3.03. The van der Waals surface area contributed by atoms with Crippen LogP contribution in [0.3, 0.4) is 0 Å². The first-order chi connectivity index (χ1) is 12.7. The smallest absolute Gasteiger partial charge is 0.157 e. The highest BCUT2D eigenvalue weighted by atomic mass is 35.5. The van der Waals surface area contributed by atoms with Crippen LogP contribution in [0.15, 0.2) is 48.5 Å². The van der Waals surface area contributed by atoms with Gasteiger partial charge in [-0.2, -0.15) is 5.26 Å². The summed E-state index contributed by atoms with van der Waals surface area (Å²) in [5.41, 5.74) is 5.96. The zero-order valence-corrected chi connectivity index (χ0v) is 15.3. The lowest BCUT2D eigenvalue weighted by molar-refractivity contribution is 1.05. The molecular formula is C21H17ClN4. The van der Waals surface area contributed by atoms with Crippen molar-refractivity contribution in [2.75, 3.05) is 5.32 Å². The predicted molar refractivity (Wildman–Crippen MR) is 106 cm³/mol. The number of nitrogens with zero attached hydrogens (tertiary/aromatic N) is 3. The summed E-state index contributed by atoms with van der Waals surface area (Å²) in [6, 6.07) is 17.9. The number of halogens is 1. The Hall–Kier alpha value is -3.03. The molecule has 2 aromatic carbocycles. The van der Waals surface area contributed by atoms with E-state index in [1.165, 1.54) is 0 Å². The van der Waals surface area contributed by atoms with E-state index in [2.05, 4.69) is 18.3 Å². The quantitative estimate of drug-likeness (QED) is 0.515. The molecule has 128 valence electrons. The van der Waals surface area contributed by atoms with Gasteiger partial charge in [0.1, 0.15) is 11.9 Å². The summed E-state index contributed by atoms with van der Waals surface area (Å²) in [6.45, 7) is 4.07. The molecule has 0 aliphatic rings. The Balaban J connectivity index is 2.13. The second-order valence-electron chi connectivity index (χ2n) is 6.16. The van der Waals surface area contributed by atoms with Crippen molar-refractivity contribution in [1.29, 1.82) is 5.26 Å². The SMILES string of the molecule is CCc1c(C)c(C#N)c2nc3ccccc3n2c1Nc1ccccc1Cl. The molecule has 0 aliphatic carbocycles. The molecule has 0 saturated heterocycles. The van der Waals surface area contributed by atoms with Gasteiger partial charge in [0.15, 0.2) is 5.65 Å². The fraction of sp³-hybridized carbons (Fsp3) is 0.143. The van der Waals surface area contributed by atoms with Crippen molar-refractivity contribution < 1.29 is 0 Å². The third-order valence-electron chi connectivity index (χ3n) is 4.71. The first-order valence-corrected chi connectivity index (χ1v) is 8.87. The lowest BCUT2D eigenvalue weighted by Crippen LogP contribution is -2.08. The van der Waals surface area contributed by atoms with Gasteiger partial charge in [-0.15, -0.1) is 0 Å². The number of nitriles is 1. The van der Waals surface area contributed by atoms with Crippen molar-refractivity contribution in [3.63, 3.8) is 0 Å². The molecule has 0 radical (unpaired) electrons. The number of pyridine rings is 1. The zero-order valence-electron chi connectivity index (χ0n) is 14.5. The summed E-state index contributed by atoms with van der Waals surface area (Å²) >= 11 is 6.37. The third-order valence-corrected chi connectivity index (χ3v) is 5.04. The maximum atomic E-state index is 9.74. The highest BCUT2D eigenvalue weighted by Gasteiger charge is 2.20. The molecule has 4 nitrogen and oxygen atoms in total. The topological polar surface area (TPSA) is 53.1 Å². The maximum absolute atomic E-state index is 9.74. The summed E-state index contributed by atoms with van der Waals surface area (Å²) in [5, 5.41) is 13.9. The number of imidazole rings is 1. The maximum Gasteiger partial charge on any atom is 0.157 e. The van der Waals surface area contributed by atoms with Crippen molar-refractivity contribution in [3.05, 3.63) is 70.2 Å². The summed E-state index contributed by atoms with van der Waals surface area (Å²) in [6.07, 6.45) is 0.787. The van der Waals surface area contributed by atoms with Crippen molar-refractivity contribution in [2.24, 2.45) is 0 Å². The van der Waals surface area contributed by atoms with Gasteiger partial charge in [0.25, 0.3) is 0 Å². The molecule has 4 aromatic rings. The number of anilines is 2. The zero-order chi connectivity index (χ0) is 18.3. The average molecular weight is 361 g/mol. The number of aromatic nitrogens is 2. The van der Waals surface area contributed by atoms with Crippen LogP contribution in [-0.4, -0.2) is 9.38 Å². The number of nitrogens with one attached hydrogen (secondary N) is 1. The van der Waals surface area contributed by atoms with Crippen LogP contribution < -0.4 is 5.32 Å².